The molecule has 0 radical (unpaired) electrons. The monoisotopic (exact) mass is 343 g/mol. The van der Waals surface area contributed by atoms with Crippen LogP contribution in [0.15, 0.2) is 18.2 Å². The second-order valence-corrected chi connectivity index (χ2v) is 7.04. The number of esters is 1. The minimum Gasteiger partial charge on any atom is -0.495 e. The molecule has 0 bridgehead atoms. The molecule has 0 aromatic heterocycles. The first-order valence-electron chi connectivity index (χ1n) is 7.52. The SMILES string of the molecule is COc1cc(O[C@@H]([C@H](C)OC(=O)[C@H](C)N)C(C)(C)C)ccc1Cl. The van der Waals surface area contributed by atoms with Crippen LogP contribution in [-0.4, -0.2) is 31.3 Å². The van der Waals surface area contributed by atoms with Gasteiger partial charge in [-0.3, -0.25) is 4.79 Å². The van der Waals surface area contributed by atoms with Crippen LogP contribution in [0.25, 0.3) is 0 Å². The standard InChI is InChI=1S/C17H26ClNO4/c1-10(19)16(20)22-11(2)15(17(3,4)5)23-12-7-8-13(18)14(9-12)21-6/h7-11,15H,19H2,1-6H3/t10-,11-,15-/m0/s1. The maximum absolute atomic E-state index is 11.7. The second-order valence-electron chi connectivity index (χ2n) is 6.63. The molecule has 0 saturated heterocycles. The number of benzene rings is 1. The lowest BCUT2D eigenvalue weighted by atomic mass is 9.86. The first kappa shape index (κ1) is 19.6. The minimum atomic E-state index is -0.673. The van der Waals surface area contributed by atoms with Crippen molar-refractivity contribution in [2.24, 2.45) is 11.1 Å². The molecular formula is C17H26ClNO4. The van der Waals surface area contributed by atoms with Gasteiger partial charge in [-0.1, -0.05) is 32.4 Å². The highest BCUT2D eigenvalue weighted by atomic mass is 35.5. The van der Waals surface area contributed by atoms with Crippen LogP contribution in [-0.2, 0) is 9.53 Å². The van der Waals surface area contributed by atoms with Crippen LogP contribution in [0, 0.1) is 5.41 Å². The topological polar surface area (TPSA) is 70.8 Å². The molecule has 0 aliphatic carbocycles. The number of hydrogen-bond acceptors (Lipinski definition) is 5. The van der Waals surface area contributed by atoms with Crippen molar-refractivity contribution < 1.29 is 19.0 Å². The number of ether oxygens (including phenoxy) is 3. The van der Waals surface area contributed by atoms with E-state index in [4.69, 9.17) is 31.5 Å². The van der Waals surface area contributed by atoms with Gasteiger partial charge in [0.2, 0.25) is 0 Å². The van der Waals surface area contributed by atoms with Crippen molar-refractivity contribution in [2.45, 2.75) is 52.9 Å². The van der Waals surface area contributed by atoms with Crippen LogP contribution in [0.5, 0.6) is 11.5 Å². The lowest BCUT2D eigenvalue weighted by Gasteiger charge is -2.35. The van der Waals surface area contributed by atoms with Gasteiger partial charge in [-0.05, 0) is 26.0 Å². The molecule has 0 amide bonds. The summed E-state index contributed by atoms with van der Waals surface area (Å²) in [6.45, 7) is 9.43. The Hall–Kier alpha value is -1.46. The van der Waals surface area contributed by atoms with E-state index in [0.29, 0.717) is 16.5 Å². The van der Waals surface area contributed by atoms with Crippen LogP contribution >= 0.6 is 11.6 Å². The highest BCUT2D eigenvalue weighted by Gasteiger charge is 2.34. The van der Waals surface area contributed by atoms with Crippen LogP contribution in [0.2, 0.25) is 5.02 Å². The lowest BCUT2D eigenvalue weighted by Crippen LogP contribution is -2.45. The molecule has 6 heteroatoms. The molecule has 1 aromatic rings. The highest BCUT2D eigenvalue weighted by molar-refractivity contribution is 6.32. The van der Waals surface area contributed by atoms with Crippen molar-refractivity contribution in [3.63, 3.8) is 0 Å². The summed E-state index contributed by atoms with van der Waals surface area (Å²) in [6.07, 6.45) is -0.828. The summed E-state index contributed by atoms with van der Waals surface area (Å²) < 4.78 is 16.7. The Balaban J connectivity index is 2.97. The summed E-state index contributed by atoms with van der Waals surface area (Å²) in [5.41, 5.74) is 5.29. The molecule has 0 aliphatic heterocycles. The molecular weight excluding hydrogens is 318 g/mol. The van der Waals surface area contributed by atoms with E-state index in [1.165, 1.54) is 0 Å². The molecule has 2 N–H and O–H groups in total. The van der Waals surface area contributed by atoms with Gasteiger partial charge in [0, 0.05) is 11.5 Å². The number of carbonyl (C=O) groups excluding carboxylic acids is 1. The molecule has 5 nitrogen and oxygen atoms in total. The molecule has 0 spiro atoms. The molecule has 0 saturated carbocycles. The molecule has 0 heterocycles. The Labute approximate surface area is 143 Å². The van der Waals surface area contributed by atoms with Gasteiger partial charge in [0.15, 0.2) is 0 Å². The summed E-state index contributed by atoms with van der Waals surface area (Å²) in [4.78, 5) is 11.7. The van der Waals surface area contributed by atoms with E-state index in [2.05, 4.69) is 0 Å². The van der Waals surface area contributed by atoms with Crippen LogP contribution in [0.4, 0.5) is 0 Å². The number of rotatable bonds is 6. The van der Waals surface area contributed by atoms with Gasteiger partial charge >= 0.3 is 5.97 Å². The second kappa shape index (κ2) is 7.88. The summed E-state index contributed by atoms with van der Waals surface area (Å²) in [7, 11) is 1.54. The molecule has 0 unspecified atom stereocenters. The van der Waals surface area contributed by atoms with Gasteiger partial charge in [0.25, 0.3) is 0 Å². The Morgan fingerprint density at radius 3 is 2.35 bits per heavy atom. The third-order valence-electron chi connectivity index (χ3n) is 3.34. The fourth-order valence-corrected chi connectivity index (χ4v) is 2.38. The Kier molecular flexibility index (Phi) is 6.71. The first-order chi connectivity index (χ1) is 10.6. The third-order valence-corrected chi connectivity index (χ3v) is 3.65. The van der Waals surface area contributed by atoms with E-state index in [1.54, 1.807) is 39.2 Å². The van der Waals surface area contributed by atoms with Crippen LogP contribution in [0.1, 0.15) is 34.6 Å². The molecule has 23 heavy (non-hydrogen) atoms. The first-order valence-corrected chi connectivity index (χ1v) is 7.90. The largest absolute Gasteiger partial charge is 0.495 e. The van der Waals surface area contributed by atoms with Crippen LogP contribution in [0.3, 0.4) is 0 Å². The average Bonchev–Trinajstić information content (AvgIpc) is 2.44. The zero-order valence-corrected chi connectivity index (χ0v) is 15.3. The third kappa shape index (κ3) is 5.59. The number of carbonyl (C=O) groups is 1. The quantitative estimate of drug-likeness (QED) is 0.801. The Morgan fingerprint density at radius 1 is 1.26 bits per heavy atom. The fourth-order valence-electron chi connectivity index (χ4n) is 2.19. The van der Waals surface area contributed by atoms with E-state index in [9.17, 15) is 4.79 Å². The van der Waals surface area contributed by atoms with Crippen molar-refractivity contribution in [1.82, 2.24) is 0 Å². The van der Waals surface area contributed by atoms with Gasteiger partial charge in [0.1, 0.15) is 29.7 Å². The maximum atomic E-state index is 11.7. The predicted molar refractivity (Wildman–Crippen MR) is 91.1 cm³/mol. The van der Waals surface area contributed by atoms with E-state index in [1.807, 2.05) is 20.8 Å². The number of methoxy groups -OCH3 is 1. The molecule has 1 rings (SSSR count). The lowest BCUT2D eigenvalue weighted by molar-refractivity contribution is -0.157. The Bertz CT molecular complexity index is 540. The van der Waals surface area contributed by atoms with Gasteiger partial charge < -0.3 is 19.9 Å². The van der Waals surface area contributed by atoms with Gasteiger partial charge in [-0.2, -0.15) is 0 Å². The summed E-state index contributed by atoms with van der Waals surface area (Å²) >= 11 is 6.03. The fraction of sp³-hybridized carbons (Fsp3) is 0.588. The van der Waals surface area contributed by atoms with Crippen LogP contribution < -0.4 is 15.2 Å². The zero-order valence-electron chi connectivity index (χ0n) is 14.6. The smallest absolute Gasteiger partial charge is 0.323 e. The zero-order chi connectivity index (χ0) is 17.8. The van der Waals surface area contributed by atoms with E-state index < -0.39 is 18.1 Å². The van der Waals surface area contributed by atoms with Crippen molar-refractivity contribution >= 4 is 17.6 Å². The molecule has 1 aromatic carbocycles. The molecule has 0 fully saturated rings. The van der Waals surface area contributed by atoms with Gasteiger partial charge in [-0.25, -0.2) is 0 Å². The maximum Gasteiger partial charge on any atom is 0.323 e. The van der Waals surface area contributed by atoms with Crippen molar-refractivity contribution in [1.29, 1.82) is 0 Å². The number of halogens is 1. The average molecular weight is 344 g/mol. The summed E-state index contributed by atoms with van der Waals surface area (Å²) in [6, 6.07) is 4.49. The number of nitrogens with two attached hydrogens (primary N) is 1. The normalized spacial score (nSPS) is 15.5. The van der Waals surface area contributed by atoms with Crippen molar-refractivity contribution in [3.8, 4) is 11.5 Å². The molecule has 3 atom stereocenters. The summed E-state index contributed by atoms with van der Waals surface area (Å²) in [5.74, 6) is 0.663. The molecule has 130 valence electrons. The molecule has 0 aliphatic rings. The number of hydrogen-bond donors (Lipinski definition) is 1. The highest BCUT2D eigenvalue weighted by Crippen LogP contribution is 2.33. The minimum absolute atomic E-state index is 0.260. The predicted octanol–water partition coefficient (Wildman–Crippen LogP) is 3.42. The van der Waals surface area contributed by atoms with E-state index >= 15 is 0 Å². The van der Waals surface area contributed by atoms with Gasteiger partial charge in [-0.15, -0.1) is 0 Å². The van der Waals surface area contributed by atoms with E-state index in [0.717, 1.165) is 0 Å². The Morgan fingerprint density at radius 2 is 1.87 bits per heavy atom. The van der Waals surface area contributed by atoms with Crippen molar-refractivity contribution in [2.75, 3.05) is 7.11 Å². The summed E-state index contributed by atoms with van der Waals surface area (Å²) in [5, 5.41) is 0.503. The van der Waals surface area contributed by atoms with Gasteiger partial charge in [0.05, 0.1) is 12.1 Å². The van der Waals surface area contributed by atoms with E-state index in [-0.39, 0.29) is 11.5 Å². The van der Waals surface area contributed by atoms with Crippen molar-refractivity contribution in [3.05, 3.63) is 23.2 Å².